The molecule has 1 aromatic carbocycles. The number of nitrogen functional groups attached to an aromatic ring is 1. The molecule has 0 aliphatic rings. The molecule has 2 aromatic rings. The van der Waals surface area contributed by atoms with E-state index in [1.54, 1.807) is 0 Å². The van der Waals surface area contributed by atoms with Gasteiger partial charge in [-0.3, -0.25) is 0 Å². The fourth-order valence-corrected chi connectivity index (χ4v) is 2.71. The third kappa shape index (κ3) is 3.03. The molecule has 1 heterocycles. The van der Waals surface area contributed by atoms with Crippen LogP contribution in [0.25, 0.3) is 11.0 Å². The maximum atomic E-state index is 6.16. The molecule has 1 aromatic heterocycles. The zero-order valence-electron chi connectivity index (χ0n) is 11.7. The second-order valence-corrected chi connectivity index (χ2v) is 5.51. The molecular formula is C15H22ClN3. The second-order valence-electron chi connectivity index (χ2n) is 5.10. The van der Waals surface area contributed by atoms with Crippen LogP contribution >= 0.6 is 11.6 Å². The van der Waals surface area contributed by atoms with Crippen LogP contribution in [0.4, 0.5) is 5.95 Å². The van der Waals surface area contributed by atoms with Gasteiger partial charge in [0.05, 0.1) is 10.5 Å². The number of aromatic nitrogens is 2. The molecular weight excluding hydrogens is 258 g/mol. The number of rotatable bonds is 6. The minimum absolute atomic E-state index is 0.568. The minimum atomic E-state index is 0.568. The average Bonchev–Trinajstić information content (AvgIpc) is 2.72. The molecule has 0 bridgehead atoms. The molecule has 0 amide bonds. The van der Waals surface area contributed by atoms with E-state index in [9.17, 15) is 0 Å². The summed E-state index contributed by atoms with van der Waals surface area (Å²) < 4.78 is 2.10. The van der Waals surface area contributed by atoms with E-state index in [1.165, 1.54) is 25.7 Å². The maximum Gasteiger partial charge on any atom is 0.201 e. The highest BCUT2D eigenvalue weighted by atomic mass is 35.5. The number of unbranched alkanes of at least 4 members (excludes halogenated alkanes) is 1. The SMILES string of the molecule is CCCCC(CC)Cn1c(N)nc2c(Cl)cccc21. The van der Waals surface area contributed by atoms with Gasteiger partial charge < -0.3 is 10.3 Å². The summed E-state index contributed by atoms with van der Waals surface area (Å²) in [6.45, 7) is 5.40. The molecule has 0 fully saturated rings. The summed E-state index contributed by atoms with van der Waals surface area (Å²) >= 11 is 6.16. The van der Waals surface area contributed by atoms with Crippen LogP contribution in [-0.4, -0.2) is 9.55 Å². The highest BCUT2D eigenvalue weighted by Gasteiger charge is 2.14. The minimum Gasteiger partial charge on any atom is -0.369 e. The Labute approximate surface area is 119 Å². The molecule has 3 nitrogen and oxygen atoms in total. The van der Waals surface area contributed by atoms with E-state index in [1.807, 2.05) is 18.2 Å². The van der Waals surface area contributed by atoms with Crippen molar-refractivity contribution in [2.45, 2.75) is 46.1 Å². The van der Waals surface area contributed by atoms with Crippen LogP contribution in [0.3, 0.4) is 0 Å². The Kier molecular flexibility index (Phi) is 4.70. The topological polar surface area (TPSA) is 43.8 Å². The summed E-state index contributed by atoms with van der Waals surface area (Å²) in [6, 6.07) is 5.85. The van der Waals surface area contributed by atoms with Gasteiger partial charge in [0.25, 0.3) is 0 Å². The van der Waals surface area contributed by atoms with E-state index in [0.717, 1.165) is 17.6 Å². The largest absolute Gasteiger partial charge is 0.369 e. The van der Waals surface area contributed by atoms with E-state index in [0.29, 0.717) is 16.9 Å². The first kappa shape index (κ1) is 14.2. The van der Waals surface area contributed by atoms with Crippen molar-refractivity contribution >= 4 is 28.6 Å². The number of nitrogens with two attached hydrogens (primary N) is 1. The second kappa shape index (κ2) is 6.29. The van der Waals surface area contributed by atoms with Crippen LogP contribution in [0.5, 0.6) is 0 Å². The van der Waals surface area contributed by atoms with Crippen molar-refractivity contribution in [3.8, 4) is 0 Å². The van der Waals surface area contributed by atoms with Crippen molar-refractivity contribution < 1.29 is 0 Å². The van der Waals surface area contributed by atoms with Crippen molar-refractivity contribution in [2.75, 3.05) is 5.73 Å². The van der Waals surface area contributed by atoms with Gasteiger partial charge in [-0.1, -0.05) is 50.8 Å². The van der Waals surface area contributed by atoms with Crippen molar-refractivity contribution in [1.82, 2.24) is 9.55 Å². The molecule has 1 unspecified atom stereocenters. The number of hydrogen-bond donors (Lipinski definition) is 1. The molecule has 0 saturated heterocycles. The number of imidazole rings is 1. The lowest BCUT2D eigenvalue weighted by atomic mass is 9.99. The number of para-hydroxylation sites is 1. The summed E-state index contributed by atoms with van der Waals surface area (Å²) in [6.07, 6.45) is 4.92. The highest BCUT2D eigenvalue weighted by Crippen LogP contribution is 2.27. The Balaban J connectivity index is 2.29. The van der Waals surface area contributed by atoms with Gasteiger partial charge in [-0.25, -0.2) is 4.98 Å². The zero-order chi connectivity index (χ0) is 13.8. The highest BCUT2D eigenvalue weighted by molar-refractivity contribution is 6.35. The lowest BCUT2D eigenvalue weighted by molar-refractivity contribution is 0.398. The summed E-state index contributed by atoms with van der Waals surface area (Å²) in [5, 5.41) is 0.671. The summed E-state index contributed by atoms with van der Waals surface area (Å²) in [4.78, 5) is 4.39. The fourth-order valence-electron chi connectivity index (χ4n) is 2.50. The fraction of sp³-hybridized carbons (Fsp3) is 0.533. The van der Waals surface area contributed by atoms with Gasteiger partial charge in [-0.2, -0.15) is 0 Å². The Morgan fingerprint density at radius 1 is 1.37 bits per heavy atom. The lowest BCUT2D eigenvalue weighted by Crippen LogP contribution is -2.12. The number of anilines is 1. The van der Waals surface area contributed by atoms with E-state index in [2.05, 4.69) is 23.4 Å². The molecule has 0 aliphatic carbocycles. The number of fused-ring (bicyclic) bond motifs is 1. The Morgan fingerprint density at radius 2 is 2.16 bits per heavy atom. The van der Waals surface area contributed by atoms with Gasteiger partial charge in [0, 0.05) is 6.54 Å². The third-order valence-corrected chi connectivity index (χ3v) is 4.05. The molecule has 0 radical (unpaired) electrons. The molecule has 0 aliphatic heterocycles. The van der Waals surface area contributed by atoms with Crippen LogP contribution < -0.4 is 5.73 Å². The van der Waals surface area contributed by atoms with Gasteiger partial charge >= 0.3 is 0 Å². The van der Waals surface area contributed by atoms with Crippen molar-refractivity contribution in [3.63, 3.8) is 0 Å². The molecule has 1 atom stereocenters. The number of nitrogens with zero attached hydrogens (tertiary/aromatic N) is 2. The van der Waals surface area contributed by atoms with Crippen LogP contribution in [0.15, 0.2) is 18.2 Å². The van der Waals surface area contributed by atoms with Crippen LogP contribution in [0, 0.1) is 5.92 Å². The predicted molar refractivity (Wildman–Crippen MR) is 82.5 cm³/mol. The van der Waals surface area contributed by atoms with Gasteiger partial charge in [-0.15, -0.1) is 0 Å². The first-order valence-corrected chi connectivity index (χ1v) is 7.45. The Bertz CT molecular complexity index is 548. The van der Waals surface area contributed by atoms with Crippen LogP contribution in [0.1, 0.15) is 39.5 Å². The monoisotopic (exact) mass is 279 g/mol. The van der Waals surface area contributed by atoms with E-state index < -0.39 is 0 Å². The van der Waals surface area contributed by atoms with E-state index >= 15 is 0 Å². The van der Waals surface area contributed by atoms with Gasteiger partial charge in [-0.05, 0) is 24.5 Å². The maximum absolute atomic E-state index is 6.16. The van der Waals surface area contributed by atoms with Crippen molar-refractivity contribution in [2.24, 2.45) is 5.92 Å². The molecule has 4 heteroatoms. The summed E-state index contributed by atoms with van der Waals surface area (Å²) in [7, 11) is 0. The quantitative estimate of drug-likeness (QED) is 0.847. The summed E-state index contributed by atoms with van der Waals surface area (Å²) in [5.41, 5.74) is 7.90. The van der Waals surface area contributed by atoms with Crippen LogP contribution in [-0.2, 0) is 6.54 Å². The average molecular weight is 280 g/mol. The lowest BCUT2D eigenvalue weighted by Gasteiger charge is -2.16. The molecule has 2 N–H and O–H groups in total. The predicted octanol–water partition coefficient (Wildman–Crippen LogP) is 4.49. The zero-order valence-corrected chi connectivity index (χ0v) is 12.5. The Hall–Kier alpha value is -1.22. The normalized spacial score (nSPS) is 13.0. The Morgan fingerprint density at radius 3 is 2.84 bits per heavy atom. The standard InChI is InChI=1S/C15H22ClN3/c1-3-5-7-11(4-2)10-19-13-9-6-8-12(16)14(13)18-15(19)17/h6,8-9,11H,3-5,7,10H2,1-2H3,(H2,17,18). The number of hydrogen-bond acceptors (Lipinski definition) is 2. The van der Waals surface area contributed by atoms with Crippen LogP contribution in [0.2, 0.25) is 5.02 Å². The number of halogens is 1. The van der Waals surface area contributed by atoms with Gasteiger partial charge in [0.1, 0.15) is 5.52 Å². The first-order chi connectivity index (χ1) is 9.17. The van der Waals surface area contributed by atoms with E-state index in [4.69, 9.17) is 17.3 Å². The molecule has 0 saturated carbocycles. The van der Waals surface area contributed by atoms with E-state index in [-0.39, 0.29) is 0 Å². The van der Waals surface area contributed by atoms with Crippen molar-refractivity contribution in [3.05, 3.63) is 23.2 Å². The third-order valence-electron chi connectivity index (χ3n) is 3.74. The van der Waals surface area contributed by atoms with Crippen molar-refractivity contribution in [1.29, 1.82) is 0 Å². The first-order valence-electron chi connectivity index (χ1n) is 7.07. The smallest absolute Gasteiger partial charge is 0.201 e. The van der Waals surface area contributed by atoms with Gasteiger partial charge in [0.15, 0.2) is 0 Å². The molecule has 104 valence electrons. The van der Waals surface area contributed by atoms with Gasteiger partial charge in [0.2, 0.25) is 5.95 Å². The molecule has 0 spiro atoms. The molecule has 19 heavy (non-hydrogen) atoms. The summed E-state index contributed by atoms with van der Waals surface area (Å²) in [5.74, 6) is 1.22. The number of benzene rings is 1. The molecule has 2 rings (SSSR count).